The van der Waals surface area contributed by atoms with Crippen LogP contribution in [-0.4, -0.2) is 16.1 Å². The fourth-order valence-electron chi connectivity index (χ4n) is 2.19. The summed E-state index contributed by atoms with van der Waals surface area (Å²) < 4.78 is 0. The zero-order valence-corrected chi connectivity index (χ0v) is 10.9. The van der Waals surface area contributed by atoms with Crippen LogP contribution in [0.25, 0.3) is 10.8 Å². The molecule has 0 spiro atoms. The van der Waals surface area contributed by atoms with E-state index < -0.39 is 5.97 Å². The van der Waals surface area contributed by atoms with Crippen LogP contribution >= 0.6 is 0 Å². The number of carbonyl (C=O) groups is 1. The van der Waals surface area contributed by atoms with E-state index in [9.17, 15) is 4.79 Å². The van der Waals surface area contributed by atoms with E-state index in [1.807, 2.05) is 24.3 Å². The molecule has 94 valence electrons. The van der Waals surface area contributed by atoms with Crippen LogP contribution in [-0.2, 0) is 16.6 Å². The van der Waals surface area contributed by atoms with Crippen LogP contribution < -0.4 is 0 Å². The molecule has 0 saturated heterocycles. The number of fused-ring (bicyclic) bond motifs is 1. The van der Waals surface area contributed by atoms with Crippen molar-refractivity contribution < 1.29 is 9.90 Å². The van der Waals surface area contributed by atoms with E-state index >= 15 is 0 Å². The van der Waals surface area contributed by atoms with Crippen molar-refractivity contribution in [3.05, 3.63) is 41.7 Å². The monoisotopic (exact) mass is 243 g/mol. The number of rotatable bonds is 2. The lowest BCUT2D eigenvalue weighted by Gasteiger charge is -2.20. The Kier molecular flexibility index (Phi) is 3.07. The van der Waals surface area contributed by atoms with Crippen LogP contribution in [0, 0.1) is 0 Å². The Morgan fingerprint density at radius 2 is 1.94 bits per heavy atom. The first-order valence-electron chi connectivity index (χ1n) is 5.98. The van der Waals surface area contributed by atoms with Gasteiger partial charge in [-0.25, -0.2) is 0 Å². The van der Waals surface area contributed by atoms with Gasteiger partial charge in [-0.3, -0.25) is 9.78 Å². The van der Waals surface area contributed by atoms with Gasteiger partial charge in [0.2, 0.25) is 0 Å². The number of nitrogens with zero attached hydrogens (tertiary/aromatic N) is 1. The number of hydrogen-bond acceptors (Lipinski definition) is 2. The van der Waals surface area contributed by atoms with E-state index in [1.54, 1.807) is 6.20 Å². The highest BCUT2D eigenvalue weighted by molar-refractivity contribution is 5.90. The van der Waals surface area contributed by atoms with Crippen molar-refractivity contribution in [1.29, 1.82) is 0 Å². The van der Waals surface area contributed by atoms with Crippen molar-refractivity contribution in [2.75, 3.05) is 0 Å². The standard InChI is InChI=1S/C15H17NO2/c1-15(2,3)14-12-6-4-5-10(9-13(17)18)11(12)7-8-16-14/h4-8H,9H2,1-3H3,(H,17,18). The minimum absolute atomic E-state index is 0.0466. The summed E-state index contributed by atoms with van der Waals surface area (Å²) in [5.41, 5.74) is 1.79. The van der Waals surface area contributed by atoms with Crippen molar-refractivity contribution in [2.45, 2.75) is 32.6 Å². The molecule has 0 unspecified atom stereocenters. The molecule has 1 aromatic carbocycles. The first-order chi connectivity index (χ1) is 8.39. The Bertz CT molecular complexity index is 597. The molecular weight excluding hydrogens is 226 g/mol. The van der Waals surface area contributed by atoms with Gasteiger partial charge in [-0.15, -0.1) is 0 Å². The Morgan fingerprint density at radius 3 is 2.56 bits per heavy atom. The number of pyridine rings is 1. The Labute approximate surface area is 106 Å². The first-order valence-corrected chi connectivity index (χ1v) is 5.98. The molecule has 0 aliphatic rings. The van der Waals surface area contributed by atoms with E-state index in [-0.39, 0.29) is 11.8 Å². The van der Waals surface area contributed by atoms with Crippen LogP contribution in [0.4, 0.5) is 0 Å². The molecule has 18 heavy (non-hydrogen) atoms. The van der Waals surface area contributed by atoms with E-state index in [4.69, 9.17) is 5.11 Å². The summed E-state index contributed by atoms with van der Waals surface area (Å²) >= 11 is 0. The minimum Gasteiger partial charge on any atom is -0.481 e. The Hall–Kier alpha value is -1.90. The van der Waals surface area contributed by atoms with E-state index in [1.165, 1.54) is 0 Å². The van der Waals surface area contributed by atoms with Gasteiger partial charge in [-0.1, -0.05) is 39.0 Å². The average molecular weight is 243 g/mol. The third-order valence-corrected chi connectivity index (χ3v) is 2.95. The fraction of sp³-hybridized carbons (Fsp3) is 0.333. The molecule has 0 saturated carbocycles. The average Bonchev–Trinajstić information content (AvgIpc) is 2.26. The molecule has 0 aliphatic carbocycles. The molecule has 1 heterocycles. The van der Waals surface area contributed by atoms with Crippen LogP contribution in [0.15, 0.2) is 30.5 Å². The van der Waals surface area contributed by atoms with Gasteiger partial charge in [0.25, 0.3) is 0 Å². The minimum atomic E-state index is -0.809. The normalized spacial score (nSPS) is 11.7. The lowest BCUT2D eigenvalue weighted by molar-refractivity contribution is -0.136. The molecule has 3 nitrogen and oxygen atoms in total. The molecule has 0 fully saturated rings. The summed E-state index contributed by atoms with van der Waals surface area (Å²) in [6, 6.07) is 7.66. The number of carboxylic acids is 1. The quantitative estimate of drug-likeness (QED) is 0.881. The zero-order chi connectivity index (χ0) is 13.3. The summed E-state index contributed by atoms with van der Waals surface area (Å²) in [6.07, 6.45) is 1.80. The van der Waals surface area contributed by atoms with Gasteiger partial charge in [0, 0.05) is 17.0 Å². The molecule has 2 rings (SSSR count). The first kappa shape index (κ1) is 12.6. The summed E-state index contributed by atoms with van der Waals surface area (Å²) in [7, 11) is 0. The maximum atomic E-state index is 10.9. The van der Waals surface area contributed by atoms with Crippen molar-refractivity contribution >= 4 is 16.7 Å². The predicted molar refractivity (Wildman–Crippen MR) is 71.8 cm³/mol. The molecule has 0 amide bonds. The second kappa shape index (κ2) is 4.41. The highest BCUT2D eigenvalue weighted by Gasteiger charge is 2.19. The fourth-order valence-corrected chi connectivity index (χ4v) is 2.19. The van der Waals surface area contributed by atoms with Gasteiger partial charge in [-0.05, 0) is 17.0 Å². The van der Waals surface area contributed by atoms with Gasteiger partial charge in [0.05, 0.1) is 12.1 Å². The van der Waals surface area contributed by atoms with E-state index in [0.29, 0.717) is 0 Å². The van der Waals surface area contributed by atoms with Gasteiger partial charge in [-0.2, -0.15) is 0 Å². The van der Waals surface area contributed by atoms with Gasteiger partial charge >= 0.3 is 5.97 Å². The second-order valence-electron chi connectivity index (χ2n) is 5.49. The highest BCUT2D eigenvalue weighted by Crippen LogP contribution is 2.29. The number of aliphatic carboxylic acids is 1. The molecule has 0 radical (unpaired) electrons. The molecule has 0 atom stereocenters. The van der Waals surface area contributed by atoms with Gasteiger partial charge in [0.1, 0.15) is 0 Å². The third-order valence-electron chi connectivity index (χ3n) is 2.95. The summed E-state index contributed by atoms with van der Waals surface area (Å²) in [5.74, 6) is -0.809. The smallest absolute Gasteiger partial charge is 0.307 e. The molecule has 3 heteroatoms. The van der Waals surface area contributed by atoms with E-state index in [2.05, 4.69) is 25.8 Å². The van der Waals surface area contributed by atoms with Crippen LogP contribution in [0.2, 0.25) is 0 Å². The van der Waals surface area contributed by atoms with Crippen molar-refractivity contribution in [3.8, 4) is 0 Å². The van der Waals surface area contributed by atoms with Crippen LogP contribution in [0.3, 0.4) is 0 Å². The van der Waals surface area contributed by atoms with E-state index in [0.717, 1.165) is 22.0 Å². The van der Waals surface area contributed by atoms with Crippen molar-refractivity contribution in [1.82, 2.24) is 4.98 Å². The predicted octanol–water partition coefficient (Wildman–Crippen LogP) is 3.16. The van der Waals surface area contributed by atoms with Crippen LogP contribution in [0.1, 0.15) is 32.0 Å². The lowest BCUT2D eigenvalue weighted by Crippen LogP contribution is -2.14. The number of carboxylic acid groups (broad SMARTS) is 1. The Morgan fingerprint density at radius 1 is 1.22 bits per heavy atom. The number of hydrogen-bond donors (Lipinski definition) is 1. The third kappa shape index (κ3) is 2.35. The van der Waals surface area contributed by atoms with Crippen molar-refractivity contribution in [2.24, 2.45) is 0 Å². The molecule has 2 aromatic rings. The molecule has 0 aliphatic heterocycles. The number of benzene rings is 1. The maximum Gasteiger partial charge on any atom is 0.307 e. The zero-order valence-electron chi connectivity index (χ0n) is 10.9. The topological polar surface area (TPSA) is 50.2 Å². The molecule has 1 N–H and O–H groups in total. The summed E-state index contributed by atoms with van der Waals surface area (Å²) in [4.78, 5) is 15.3. The molecule has 1 aromatic heterocycles. The lowest BCUT2D eigenvalue weighted by atomic mass is 9.87. The Balaban J connectivity index is 2.69. The van der Waals surface area contributed by atoms with Crippen molar-refractivity contribution in [3.63, 3.8) is 0 Å². The summed E-state index contributed by atoms with van der Waals surface area (Å²) in [6.45, 7) is 6.33. The second-order valence-corrected chi connectivity index (χ2v) is 5.49. The highest BCUT2D eigenvalue weighted by atomic mass is 16.4. The number of aromatic nitrogens is 1. The van der Waals surface area contributed by atoms with Gasteiger partial charge in [0.15, 0.2) is 0 Å². The van der Waals surface area contributed by atoms with Gasteiger partial charge < -0.3 is 5.11 Å². The van der Waals surface area contributed by atoms with Crippen LogP contribution in [0.5, 0.6) is 0 Å². The SMILES string of the molecule is CC(C)(C)c1nccc2c(CC(=O)O)cccc12. The molecular formula is C15H17NO2. The maximum absolute atomic E-state index is 10.9. The molecule has 0 bridgehead atoms. The largest absolute Gasteiger partial charge is 0.481 e. The summed E-state index contributed by atoms with van der Waals surface area (Å²) in [5, 5.41) is 11.0.